The van der Waals surface area contributed by atoms with Crippen molar-refractivity contribution in [3.05, 3.63) is 35.1 Å². The molecule has 2 rings (SSSR count). The first-order valence-electron chi connectivity index (χ1n) is 7.32. The van der Waals surface area contributed by atoms with Gasteiger partial charge in [0.25, 0.3) is 0 Å². The lowest BCUT2D eigenvalue weighted by Gasteiger charge is -2.36. The van der Waals surface area contributed by atoms with Crippen molar-refractivity contribution in [1.29, 1.82) is 0 Å². The molecular weight excluding hydrogens is 269 g/mol. The quantitative estimate of drug-likeness (QED) is 0.836. The number of halogens is 1. The van der Waals surface area contributed by atoms with Crippen LogP contribution in [0.15, 0.2) is 18.2 Å². The van der Waals surface area contributed by atoms with Crippen molar-refractivity contribution < 1.29 is 14.6 Å². The van der Waals surface area contributed by atoms with Gasteiger partial charge in [-0.05, 0) is 50.1 Å². The van der Waals surface area contributed by atoms with Crippen molar-refractivity contribution in [2.24, 2.45) is 0 Å². The zero-order valence-corrected chi connectivity index (χ0v) is 12.4. The highest BCUT2D eigenvalue weighted by atomic mass is 19.1. The van der Waals surface area contributed by atoms with E-state index in [0.29, 0.717) is 25.1 Å². The fourth-order valence-electron chi connectivity index (χ4n) is 2.75. The molecule has 114 valence electrons. The second-order valence-electron chi connectivity index (χ2n) is 5.93. The Hall–Kier alpha value is -1.41. The summed E-state index contributed by atoms with van der Waals surface area (Å²) in [5.74, 6) is 5.36. The minimum absolute atomic E-state index is 0.0119. The van der Waals surface area contributed by atoms with Gasteiger partial charge in [0, 0.05) is 25.1 Å². The first-order chi connectivity index (χ1) is 9.98. The highest BCUT2D eigenvalue weighted by Gasteiger charge is 2.28. The Kier molecular flexibility index (Phi) is 5.35. The highest BCUT2D eigenvalue weighted by Crippen LogP contribution is 2.22. The molecule has 4 heteroatoms. The first-order valence-corrected chi connectivity index (χ1v) is 7.32. The molecule has 1 fully saturated rings. The van der Waals surface area contributed by atoms with Crippen LogP contribution in [0.5, 0.6) is 0 Å². The van der Waals surface area contributed by atoms with Crippen molar-refractivity contribution in [3.8, 4) is 11.8 Å². The number of nitrogens with zero attached hydrogens (tertiary/aromatic N) is 1. The fourth-order valence-corrected chi connectivity index (χ4v) is 2.75. The van der Waals surface area contributed by atoms with E-state index in [9.17, 15) is 9.50 Å². The molecule has 1 atom stereocenters. The van der Waals surface area contributed by atoms with Gasteiger partial charge in [0.15, 0.2) is 0 Å². The lowest BCUT2D eigenvalue weighted by Crippen LogP contribution is -2.45. The molecule has 2 N–H and O–H groups in total. The number of benzene rings is 1. The maximum Gasteiger partial charge on any atom is 0.124 e. The van der Waals surface area contributed by atoms with Gasteiger partial charge in [-0.15, -0.1) is 0 Å². The SMILES string of the molecule is CC1(O)CCCN(Cc2cc(F)cc(C#CCCO)c2)C1. The Morgan fingerprint density at radius 1 is 1.38 bits per heavy atom. The van der Waals surface area contributed by atoms with Gasteiger partial charge < -0.3 is 10.2 Å². The Balaban J connectivity index is 2.08. The number of aliphatic hydroxyl groups is 2. The van der Waals surface area contributed by atoms with Crippen molar-refractivity contribution in [3.63, 3.8) is 0 Å². The average molecular weight is 291 g/mol. The van der Waals surface area contributed by atoms with Gasteiger partial charge in [-0.1, -0.05) is 11.8 Å². The van der Waals surface area contributed by atoms with E-state index in [2.05, 4.69) is 16.7 Å². The predicted molar refractivity (Wildman–Crippen MR) is 80.1 cm³/mol. The molecule has 0 aliphatic carbocycles. The van der Waals surface area contributed by atoms with Gasteiger partial charge in [-0.25, -0.2) is 4.39 Å². The van der Waals surface area contributed by atoms with Gasteiger partial charge >= 0.3 is 0 Å². The predicted octanol–water partition coefficient (Wildman–Crippen LogP) is 1.91. The molecule has 0 spiro atoms. The van der Waals surface area contributed by atoms with Crippen LogP contribution in [0.2, 0.25) is 0 Å². The minimum Gasteiger partial charge on any atom is -0.395 e. The monoisotopic (exact) mass is 291 g/mol. The number of β-amino-alcohol motifs (C(OH)–C–C–N with tert-alkyl or cyclic N) is 1. The molecule has 21 heavy (non-hydrogen) atoms. The lowest BCUT2D eigenvalue weighted by molar-refractivity contribution is -0.0181. The molecule has 1 aromatic rings. The van der Waals surface area contributed by atoms with E-state index in [0.717, 1.165) is 24.9 Å². The summed E-state index contributed by atoms with van der Waals surface area (Å²) in [5, 5.41) is 18.8. The molecule has 1 unspecified atom stereocenters. The summed E-state index contributed by atoms with van der Waals surface area (Å²) in [6.45, 7) is 3.99. The van der Waals surface area contributed by atoms with Crippen LogP contribution in [-0.2, 0) is 6.54 Å². The van der Waals surface area contributed by atoms with Crippen LogP contribution in [0.1, 0.15) is 37.3 Å². The molecular formula is C17H22FNO2. The normalized spacial score (nSPS) is 22.7. The summed E-state index contributed by atoms with van der Waals surface area (Å²) >= 11 is 0. The Bertz CT molecular complexity index is 545. The molecule has 1 aliphatic heterocycles. The smallest absolute Gasteiger partial charge is 0.124 e. The van der Waals surface area contributed by atoms with Crippen LogP contribution < -0.4 is 0 Å². The molecule has 1 saturated heterocycles. The summed E-state index contributed by atoms with van der Waals surface area (Å²) in [5.41, 5.74) is 0.832. The summed E-state index contributed by atoms with van der Waals surface area (Å²) in [6.07, 6.45) is 2.15. The Labute approximate surface area is 125 Å². The van der Waals surface area contributed by atoms with Crippen molar-refractivity contribution in [2.75, 3.05) is 19.7 Å². The molecule has 0 amide bonds. The number of rotatable bonds is 3. The summed E-state index contributed by atoms with van der Waals surface area (Å²) in [7, 11) is 0. The van der Waals surface area contributed by atoms with Gasteiger partial charge in [0.05, 0.1) is 12.2 Å². The first kappa shape index (κ1) is 16.0. The van der Waals surface area contributed by atoms with Crippen molar-refractivity contribution in [1.82, 2.24) is 4.90 Å². The van der Waals surface area contributed by atoms with Crippen LogP contribution in [-0.4, -0.2) is 40.4 Å². The van der Waals surface area contributed by atoms with Gasteiger partial charge in [-0.3, -0.25) is 4.90 Å². The molecule has 0 radical (unpaired) electrons. The maximum absolute atomic E-state index is 13.7. The molecule has 1 aliphatic rings. The number of likely N-dealkylation sites (tertiary alicyclic amines) is 1. The Morgan fingerprint density at radius 3 is 2.90 bits per heavy atom. The average Bonchev–Trinajstić information content (AvgIpc) is 2.37. The van der Waals surface area contributed by atoms with E-state index < -0.39 is 5.60 Å². The van der Waals surface area contributed by atoms with Gasteiger partial charge in [-0.2, -0.15) is 0 Å². The van der Waals surface area contributed by atoms with Gasteiger partial charge in [0.2, 0.25) is 0 Å². The standard InChI is InChI=1S/C17H22FNO2/c1-17(21)6-4-7-19(13-17)12-15-9-14(5-2-3-8-20)10-16(18)11-15/h9-11,20-21H,3-4,6-8,12-13H2,1H3. The zero-order chi connectivity index (χ0) is 15.3. The number of hydrogen-bond donors (Lipinski definition) is 2. The largest absolute Gasteiger partial charge is 0.395 e. The third kappa shape index (κ3) is 5.13. The summed E-state index contributed by atoms with van der Waals surface area (Å²) in [4.78, 5) is 2.14. The topological polar surface area (TPSA) is 43.7 Å². The minimum atomic E-state index is -0.657. The maximum atomic E-state index is 13.7. The third-order valence-corrected chi connectivity index (χ3v) is 3.59. The number of hydrogen-bond acceptors (Lipinski definition) is 3. The van der Waals surface area contributed by atoms with E-state index in [1.54, 1.807) is 0 Å². The molecule has 0 bridgehead atoms. The summed E-state index contributed by atoms with van der Waals surface area (Å²) < 4.78 is 13.7. The number of aliphatic hydroxyl groups excluding tert-OH is 1. The van der Waals surface area contributed by atoms with Crippen molar-refractivity contribution >= 4 is 0 Å². The third-order valence-electron chi connectivity index (χ3n) is 3.59. The Morgan fingerprint density at radius 2 is 2.19 bits per heavy atom. The molecule has 3 nitrogen and oxygen atoms in total. The van der Waals surface area contributed by atoms with Crippen LogP contribution >= 0.6 is 0 Å². The molecule has 1 heterocycles. The van der Waals surface area contributed by atoms with Crippen LogP contribution in [0.4, 0.5) is 4.39 Å². The van der Waals surface area contributed by atoms with E-state index in [1.807, 2.05) is 13.0 Å². The van der Waals surface area contributed by atoms with Crippen LogP contribution in [0, 0.1) is 17.7 Å². The molecule has 0 saturated carbocycles. The fraction of sp³-hybridized carbons (Fsp3) is 0.529. The van der Waals surface area contributed by atoms with E-state index >= 15 is 0 Å². The van der Waals surface area contributed by atoms with Gasteiger partial charge in [0.1, 0.15) is 5.82 Å². The van der Waals surface area contributed by atoms with E-state index in [-0.39, 0.29) is 12.4 Å². The van der Waals surface area contributed by atoms with Crippen LogP contribution in [0.3, 0.4) is 0 Å². The number of piperidine rings is 1. The lowest BCUT2D eigenvalue weighted by atomic mass is 9.95. The zero-order valence-electron chi connectivity index (χ0n) is 12.4. The van der Waals surface area contributed by atoms with Crippen LogP contribution in [0.25, 0.3) is 0 Å². The van der Waals surface area contributed by atoms with Crippen molar-refractivity contribution in [2.45, 2.75) is 38.3 Å². The second-order valence-corrected chi connectivity index (χ2v) is 5.93. The highest BCUT2D eigenvalue weighted by molar-refractivity contribution is 5.37. The summed E-state index contributed by atoms with van der Waals surface area (Å²) in [6, 6.07) is 4.79. The molecule has 0 aromatic heterocycles. The molecule has 1 aromatic carbocycles. The van der Waals surface area contributed by atoms with E-state index in [1.165, 1.54) is 12.1 Å². The second kappa shape index (κ2) is 7.04. The van der Waals surface area contributed by atoms with E-state index in [4.69, 9.17) is 5.11 Å².